The minimum Gasteiger partial charge on any atom is -0.379 e. The summed E-state index contributed by atoms with van der Waals surface area (Å²) in [6.45, 7) is 3.80. The van der Waals surface area contributed by atoms with Gasteiger partial charge in [0.05, 0.1) is 13.2 Å². The molecule has 1 aromatic rings. The SMILES string of the molecule is CSc1ccc(C(=O)C(C)(O)N2CCOCC2)cc1. The van der Waals surface area contributed by atoms with Crippen LogP contribution in [0.2, 0.25) is 0 Å². The lowest BCUT2D eigenvalue weighted by atomic mass is 10.0. The van der Waals surface area contributed by atoms with Crippen molar-refractivity contribution in [1.29, 1.82) is 0 Å². The number of ketones is 1. The van der Waals surface area contributed by atoms with Gasteiger partial charge in [-0.2, -0.15) is 0 Å². The Hall–Kier alpha value is -0.880. The van der Waals surface area contributed by atoms with E-state index in [1.54, 1.807) is 35.7 Å². The van der Waals surface area contributed by atoms with E-state index < -0.39 is 5.72 Å². The summed E-state index contributed by atoms with van der Waals surface area (Å²) in [5.41, 5.74) is -0.931. The van der Waals surface area contributed by atoms with Gasteiger partial charge >= 0.3 is 0 Å². The molecule has 1 aliphatic rings. The summed E-state index contributed by atoms with van der Waals surface area (Å²) in [5, 5.41) is 10.5. The van der Waals surface area contributed by atoms with E-state index in [9.17, 15) is 9.90 Å². The van der Waals surface area contributed by atoms with Crippen molar-refractivity contribution in [2.24, 2.45) is 0 Å². The van der Waals surface area contributed by atoms with Gasteiger partial charge in [-0.1, -0.05) is 12.1 Å². The normalized spacial score (nSPS) is 19.9. The first-order valence-corrected chi connectivity index (χ1v) is 7.52. The molecular weight excluding hydrogens is 262 g/mol. The number of carbonyl (C=O) groups excluding carboxylic acids is 1. The van der Waals surface area contributed by atoms with Gasteiger partial charge in [0, 0.05) is 23.5 Å². The highest BCUT2D eigenvalue weighted by Gasteiger charge is 2.38. The van der Waals surface area contributed by atoms with E-state index in [0.29, 0.717) is 31.9 Å². The number of hydrogen-bond donors (Lipinski definition) is 1. The highest BCUT2D eigenvalue weighted by molar-refractivity contribution is 7.98. The number of ether oxygens (including phenoxy) is 1. The van der Waals surface area contributed by atoms with E-state index in [0.717, 1.165) is 4.90 Å². The maximum atomic E-state index is 12.4. The molecule has 0 aromatic heterocycles. The molecule has 5 heteroatoms. The molecule has 0 saturated carbocycles. The lowest BCUT2D eigenvalue weighted by Gasteiger charge is -2.38. The second-order valence-electron chi connectivity index (χ2n) is 4.68. The Morgan fingerprint density at radius 3 is 2.42 bits per heavy atom. The van der Waals surface area contributed by atoms with Gasteiger partial charge < -0.3 is 9.84 Å². The molecule has 0 spiro atoms. The fourth-order valence-corrected chi connectivity index (χ4v) is 2.57. The zero-order valence-corrected chi connectivity index (χ0v) is 12.1. The Labute approximate surface area is 117 Å². The maximum absolute atomic E-state index is 12.4. The molecule has 1 aromatic carbocycles. The van der Waals surface area contributed by atoms with E-state index in [1.165, 1.54) is 0 Å². The summed E-state index contributed by atoms with van der Waals surface area (Å²) in [6.07, 6.45) is 1.99. The van der Waals surface area contributed by atoms with Crippen molar-refractivity contribution >= 4 is 17.5 Å². The Morgan fingerprint density at radius 1 is 1.32 bits per heavy atom. The van der Waals surface area contributed by atoms with Crippen molar-refractivity contribution in [1.82, 2.24) is 4.90 Å². The van der Waals surface area contributed by atoms with E-state index >= 15 is 0 Å². The summed E-state index contributed by atoms with van der Waals surface area (Å²) >= 11 is 1.62. The van der Waals surface area contributed by atoms with Gasteiger partial charge in [-0.05, 0) is 25.3 Å². The molecule has 1 aliphatic heterocycles. The van der Waals surface area contributed by atoms with Crippen molar-refractivity contribution in [2.75, 3.05) is 32.6 Å². The predicted molar refractivity (Wildman–Crippen MR) is 75.6 cm³/mol. The zero-order valence-electron chi connectivity index (χ0n) is 11.3. The predicted octanol–water partition coefficient (Wildman–Crippen LogP) is 1.63. The molecule has 1 fully saturated rings. The Morgan fingerprint density at radius 2 is 1.89 bits per heavy atom. The molecule has 1 heterocycles. The van der Waals surface area contributed by atoms with E-state index in [4.69, 9.17) is 4.74 Å². The molecule has 19 heavy (non-hydrogen) atoms. The van der Waals surface area contributed by atoms with Crippen LogP contribution in [0.3, 0.4) is 0 Å². The number of hydrogen-bond acceptors (Lipinski definition) is 5. The van der Waals surface area contributed by atoms with Crippen LogP contribution in [-0.2, 0) is 4.74 Å². The number of nitrogens with zero attached hydrogens (tertiary/aromatic N) is 1. The minimum atomic E-state index is -1.47. The molecule has 0 amide bonds. The third-order valence-electron chi connectivity index (χ3n) is 3.41. The highest BCUT2D eigenvalue weighted by atomic mass is 32.2. The largest absolute Gasteiger partial charge is 0.379 e. The molecular formula is C14H19NO3S. The molecule has 1 N–H and O–H groups in total. The summed E-state index contributed by atoms with van der Waals surface area (Å²) in [6, 6.07) is 7.33. The first kappa shape index (κ1) is 14.5. The second kappa shape index (κ2) is 6.05. The van der Waals surface area contributed by atoms with Crippen molar-refractivity contribution in [3.8, 4) is 0 Å². The van der Waals surface area contributed by atoms with Crippen molar-refractivity contribution in [3.63, 3.8) is 0 Å². The molecule has 2 rings (SSSR count). The van der Waals surface area contributed by atoms with Crippen molar-refractivity contribution < 1.29 is 14.6 Å². The van der Waals surface area contributed by atoms with Crippen LogP contribution in [0.4, 0.5) is 0 Å². The molecule has 104 valence electrons. The summed E-state index contributed by atoms with van der Waals surface area (Å²) < 4.78 is 5.24. The molecule has 0 radical (unpaired) electrons. The topological polar surface area (TPSA) is 49.8 Å². The number of benzene rings is 1. The molecule has 0 aliphatic carbocycles. The van der Waals surface area contributed by atoms with E-state index in [-0.39, 0.29) is 5.78 Å². The van der Waals surface area contributed by atoms with Crippen LogP contribution in [0.15, 0.2) is 29.2 Å². The van der Waals surface area contributed by atoms with Gasteiger partial charge in [0.15, 0.2) is 5.72 Å². The van der Waals surface area contributed by atoms with Gasteiger partial charge in [-0.3, -0.25) is 9.69 Å². The summed E-state index contributed by atoms with van der Waals surface area (Å²) in [7, 11) is 0. The monoisotopic (exact) mass is 281 g/mol. The minimum absolute atomic E-state index is 0.262. The Balaban J connectivity index is 2.15. The van der Waals surface area contributed by atoms with Gasteiger partial charge in [-0.25, -0.2) is 0 Å². The number of rotatable bonds is 4. The summed E-state index contributed by atoms with van der Waals surface area (Å²) in [4.78, 5) is 15.3. The zero-order chi connectivity index (χ0) is 13.9. The van der Waals surface area contributed by atoms with Crippen LogP contribution >= 0.6 is 11.8 Å². The standard InChI is InChI=1S/C14H19NO3S/c1-14(17,15-7-9-18-10-8-15)13(16)11-3-5-12(19-2)6-4-11/h3-6,17H,7-10H2,1-2H3. The van der Waals surface area contributed by atoms with Gasteiger partial charge in [0.2, 0.25) is 5.78 Å². The van der Waals surface area contributed by atoms with Crippen LogP contribution in [0.1, 0.15) is 17.3 Å². The first-order valence-electron chi connectivity index (χ1n) is 6.29. The quantitative estimate of drug-likeness (QED) is 0.671. The van der Waals surface area contributed by atoms with Crippen LogP contribution in [-0.4, -0.2) is 54.1 Å². The summed E-state index contributed by atoms with van der Waals surface area (Å²) in [5.74, 6) is -0.262. The maximum Gasteiger partial charge on any atom is 0.209 e. The Bertz CT molecular complexity index is 439. The van der Waals surface area contributed by atoms with Crippen molar-refractivity contribution in [2.45, 2.75) is 17.5 Å². The number of morpholine rings is 1. The lowest BCUT2D eigenvalue weighted by molar-refractivity contribution is -0.101. The third-order valence-corrected chi connectivity index (χ3v) is 4.15. The fourth-order valence-electron chi connectivity index (χ4n) is 2.16. The van der Waals surface area contributed by atoms with Crippen LogP contribution in [0, 0.1) is 0 Å². The average molecular weight is 281 g/mol. The number of aliphatic hydroxyl groups is 1. The van der Waals surface area contributed by atoms with E-state index in [2.05, 4.69) is 0 Å². The number of Topliss-reactive ketones (excluding diaryl/α,β-unsaturated/α-hetero) is 1. The average Bonchev–Trinajstić information content (AvgIpc) is 2.47. The van der Waals surface area contributed by atoms with Crippen LogP contribution < -0.4 is 0 Å². The fraction of sp³-hybridized carbons (Fsp3) is 0.500. The third kappa shape index (κ3) is 3.17. The molecule has 1 atom stereocenters. The molecule has 1 saturated heterocycles. The highest BCUT2D eigenvalue weighted by Crippen LogP contribution is 2.21. The lowest BCUT2D eigenvalue weighted by Crippen LogP contribution is -2.56. The number of carbonyl (C=O) groups is 1. The molecule has 1 unspecified atom stereocenters. The van der Waals surface area contributed by atoms with Gasteiger partial charge in [-0.15, -0.1) is 11.8 Å². The molecule has 4 nitrogen and oxygen atoms in total. The Kier molecular flexibility index (Phi) is 4.62. The van der Waals surface area contributed by atoms with E-state index in [1.807, 2.05) is 18.4 Å². The van der Waals surface area contributed by atoms with Crippen LogP contribution in [0.25, 0.3) is 0 Å². The first-order chi connectivity index (χ1) is 9.05. The van der Waals surface area contributed by atoms with Gasteiger partial charge in [0.25, 0.3) is 0 Å². The van der Waals surface area contributed by atoms with Crippen molar-refractivity contribution in [3.05, 3.63) is 29.8 Å². The molecule has 0 bridgehead atoms. The number of thioether (sulfide) groups is 1. The smallest absolute Gasteiger partial charge is 0.209 e. The van der Waals surface area contributed by atoms with Gasteiger partial charge in [0.1, 0.15) is 0 Å². The second-order valence-corrected chi connectivity index (χ2v) is 5.56. The van der Waals surface area contributed by atoms with Crippen LogP contribution in [0.5, 0.6) is 0 Å².